The van der Waals surface area contributed by atoms with Gasteiger partial charge in [-0.3, -0.25) is 4.79 Å². The minimum absolute atomic E-state index is 0.521. The lowest BCUT2D eigenvalue weighted by Crippen LogP contribution is -2.51. The van der Waals surface area contributed by atoms with Crippen molar-refractivity contribution in [1.82, 2.24) is 9.80 Å². The van der Waals surface area contributed by atoms with E-state index >= 15 is 0 Å². The van der Waals surface area contributed by atoms with Crippen molar-refractivity contribution in [2.45, 2.75) is 31.2 Å². The van der Waals surface area contributed by atoms with E-state index in [4.69, 9.17) is 0 Å². The van der Waals surface area contributed by atoms with Crippen LogP contribution < -0.4 is 0 Å². The third-order valence-electron chi connectivity index (χ3n) is 4.63. The Balaban J connectivity index is 2.15. The molecular weight excluding hydrogens is 264 g/mol. The van der Waals surface area contributed by atoms with E-state index in [0.29, 0.717) is 12.6 Å². The number of rotatable bonds is 5. The van der Waals surface area contributed by atoms with Crippen LogP contribution in [0.25, 0.3) is 0 Å². The fourth-order valence-corrected chi connectivity index (χ4v) is 3.13. The second-order valence-electron chi connectivity index (χ2n) is 6.50. The van der Waals surface area contributed by atoms with Gasteiger partial charge in [0.15, 0.2) is 0 Å². The van der Waals surface area contributed by atoms with Crippen LogP contribution >= 0.6 is 0 Å². The third kappa shape index (κ3) is 3.63. The molecule has 0 amide bonds. The zero-order valence-electron chi connectivity index (χ0n) is 13.2. The van der Waals surface area contributed by atoms with Crippen LogP contribution in [-0.2, 0) is 10.2 Å². The average molecular weight is 290 g/mol. The molecule has 1 saturated heterocycles. The van der Waals surface area contributed by atoms with Crippen molar-refractivity contribution in [2.24, 2.45) is 0 Å². The summed E-state index contributed by atoms with van der Waals surface area (Å²) in [6, 6.07) is 10.1. The number of benzene rings is 1. The fraction of sp³-hybridized carbons (Fsp3) is 0.588. The summed E-state index contributed by atoms with van der Waals surface area (Å²) in [5.41, 5.74) is 0.0274. The minimum atomic E-state index is -0.852. The van der Waals surface area contributed by atoms with Gasteiger partial charge in [0.2, 0.25) is 0 Å². The zero-order chi connectivity index (χ0) is 15.5. The van der Waals surface area contributed by atoms with Gasteiger partial charge in [0, 0.05) is 19.1 Å². The van der Waals surface area contributed by atoms with Crippen molar-refractivity contribution in [2.75, 3.05) is 33.7 Å². The van der Waals surface area contributed by atoms with Crippen LogP contribution in [0.4, 0.5) is 0 Å². The second kappa shape index (κ2) is 6.58. The van der Waals surface area contributed by atoms with E-state index in [1.807, 2.05) is 37.3 Å². The number of piperidine rings is 1. The monoisotopic (exact) mass is 290 g/mol. The Morgan fingerprint density at radius 1 is 1.38 bits per heavy atom. The maximum Gasteiger partial charge on any atom is 0.315 e. The molecule has 2 atom stereocenters. The predicted molar refractivity (Wildman–Crippen MR) is 84.6 cm³/mol. The van der Waals surface area contributed by atoms with Gasteiger partial charge >= 0.3 is 5.97 Å². The topological polar surface area (TPSA) is 43.8 Å². The molecule has 0 aliphatic carbocycles. The summed E-state index contributed by atoms with van der Waals surface area (Å²) in [5, 5.41) is 9.75. The summed E-state index contributed by atoms with van der Waals surface area (Å²) < 4.78 is 0. The van der Waals surface area contributed by atoms with E-state index in [2.05, 4.69) is 23.9 Å². The minimum Gasteiger partial charge on any atom is -0.481 e. The van der Waals surface area contributed by atoms with Gasteiger partial charge < -0.3 is 14.9 Å². The lowest BCUT2D eigenvalue weighted by Gasteiger charge is -2.40. The molecule has 0 saturated carbocycles. The van der Waals surface area contributed by atoms with Gasteiger partial charge in [0.1, 0.15) is 5.41 Å². The molecule has 1 N–H and O–H groups in total. The molecule has 1 fully saturated rings. The Labute approximate surface area is 127 Å². The van der Waals surface area contributed by atoms with Crippen molar-refractivity contribution < 1.29 is 9.90 Å². The Hall–Kier alpha value is -1.39. The van der Waals surface area contributed by atoms with Gasteiger partial charge in [0.05, 0.1) is 0 Å². The van der Waals surface area contributed by atoms with Crippen molar-refractivity contribution in [3.05, 3.63) is 35.9 Å². The van der Waals surface area contributed by atoms with E-state index in [0.717, 1.165) is 25.1 Å². The molecule has 4 heteroatoms. The molecule has 116 valence electrons. The number of hydrogen-bond acceptors (Lipinski definition) is 3. The average Bonchev–Trinajstić information content (AvgIpc) is 2.48. The molecule has 1 aromatic rings. The van der Waals surface area contributed by atoms with Crippen molar-refractivity contribution >= 4 is 5.97 Å². The first-order chi connectivity index (χ1) is 9.93. The normalized spacial score (nSPS) is 23.0. The van der Waals surface area contributed by atoms with Gasteiger partial charge in [0.25, 0.3) is 0 Å². The summed E-state index contributed by atoms with van der Waals surface area (Å²) in [5.74, 6) is -0.749. The number of aliphatic carboxylic acids is 1. The van der Waals surface area contributed by atoms with E-state index in [9.17, 15) is 9.90 Å². The molecule has 1 aliphatic heterocycles. The number of carbonyl (C=O) groups is 1. The van der Waals surface area contributed by atoms with Crippen LogP contribution in [0.5, 0.6) is 0 Å². The van der Waals surface area contributed by atoms with Crippen molar-refractivity contribution in [3.8, 4) is 0 Å². The molecule has 0 aromatic heterocycles. The second-order valence-corrected chi connectivity index (χ2v) is 6.50. The van der Waals surface area contributed by atoms with Crippen LogP contribution in [0.1, 0.15) is 25.3 Å². The SMILES string of the molecule is CN(C)C1CCCN(CC(C)(C(=O)O)c2ccccc2)C1. The van der Waals surface area contributed by atoms with Crippen LogP contribution in [0.15, 0.2) is 30.3 Å². The first kappa shape index (κ1) is 16.0. The largest absolute Gasteiger partial charge is 0.481 e. The summed E-state index contributed by atoms with van der Waals surface area (Å²) in [4.78, 5) is 16.4. The van der Waals surface area contributed by atoms with Crippen molar-refractivity contribution in [3.63, 3.8) is 0 Å². The van der Waals surface area contributed by atoms with Gasteiger partial charge in [-0.25, -0.2) is 0 Å². The third-order valence-corrected chi connectivity index (χ3v) is 4.63. The summed E-state index contributed by atoms with van der Waals surface area (Å²) >= 11 is 0. The quantitative estimate of drug-likeness (QED) is 0.901. The Morgan fingerprint density at radius 3 is 2.62 bits per heavy atom. The highest BCUT2D eigenvalue weighted by atomic mass is 16.4. The lowest BCUT2D eigenvalue weighted by molar-refractivity contribution is -0.144. The van der Waals surface area contributed by atoms with Gasteiger partial charge in [-0.1, -0.05) is 30.3 Å². The summed E-state index contributed by atoms with van der Waals surface area (Å²) in [6.45, 7) is 4.34. The van der Waals surface area contributed by atoms with E-state index < -0.39 is 11.4 Å². The van der Waals surface area contributed by atoms with Gasteiger partial charge in [-0.05, 0) is 46.0 Å². The van der Waals surface area contributed by atoms with E-state index in [1.54, 1.807) is 0 Å². The van der Waals surface area contributed by atoms with Crippen LogP contribution in [0, 0.1) is 0 Å². The Bertz CT molecular complexity index is 475. The molecular formula is C17H26N2O2. The number of likely N-dealkylation sites (N-methyl/N-ethyl adjacent to an activating group) is 1. The molecule has 2 rings (SSSR count). The molecule has 0 radical (unpaired) electrons. The molecule has 4 nitrogen and oxygen atoms in total. The number of nitrogens with zero attached hydrogens (tertiary/aromatic N) is 2. The first-order valence-electron chi connectivity index (χ1n) is 7.61. The molecule has 1 aliphatic rings. The Kier molecular flexibility index (Phi) is 5.01. The highest BCUT2D eigenvalue weighted by Gasteiger charge is 2.38. The molecule has 0 bridgehead atoms. The maximum absolute atomic E-state index is 11.9. The standard InChI is InChI=1S/C17H26N2O2/c1-17(16(20)21,14-8-5-4-6-9-14)13-19-11-7-10-15(12-19)18(2)3/h4-6,8-9,15H,7,10-13H2,1-3H3,(H,20,21). The van der Waals surface area contributed by atoms with Crippen LogP contribution in [0.3, 0.4) is 0 Å². The maximum atomic E-state index is 11.9. The van der Waals surface area contributed by atoms with E-state index in [1.165, 1.54) is 6.42 Å². The lowest BCUT2D eigenvalue weighted by atomic mass is 9.81. The van der Waals surface area contributed by atoms with Crippen LogP contribution in [-0.4, -0.2) is 60.6 Å². The fourth-order valence-electron chi connectivity index (χ4n) is 3.13. The van der Waals surface area contributed by atoms with Gasteiger partial charge in [-0.2, -0.15) is 0 Å². The zero-order valence-corrected chi connectivity index (χ0v) is 13.2. The first-order valence-corrected chi connectivity index (χ1v) is 7.61. The number of carboxylic acid groups (broad SMARTS) is 1. The van der Waals surface area contributed by atoms with Crippen molar-refractivity contribution in [1.29, 1.82) is 0 Å². The predicted octanol–water partition coefficient (Wildman–Crippen LogP) is 2.05. The molecule has 21 heavy (non-hydrogen) atoms. The molecule has 0 spiro atoms. The van der Waals surface area contributed by atoms with E-state index in [-0.39, 0.29) is 0 Å². The van der Waals surface area contributed by atoms with Crippen LogP contribution in [0.2, 0.25) is 0 Å². The molecule has 1 aromatic carbocycles. The molecule has 2 unspecified atom stereocenters. The number of carboxylic acids is 1. The number of likely N-dealkylation sites (tertiary alicyclic amines) is 1. The Morgan fingerprint density at radius 2 is 2.05 bits per heavy atom. The molecule has 1 heterocycles. The summed E-state index contributed by atoms with van der Waals surface area (Å²) in [6.07, 6.45) is 2.33. The highest BCUT2D eigenvalue weighted by molar-refractivity contribution is 5.81. The highest BCUT2D eigenvalue weighted by Crippen LogP contribution is 2.27. The summed E-state index contributed by atoms with van der Waals surface area (Å²) in [7, 11) is 4.20. The van der Waals surface area contributed by atoms with Gasteiger partial charge in [-0.15, -0.1) is 0 Å². The number of hydrogen-bond donors (Lipinski definition) is 1. The smallest absolute Gasteiger partial charge is 0.315 e.